The number of ether oxygens (including phenoxy) is 1. The van der Waals surface area contributed by atoms with Crippen LogP contribution in [0.25, 0.3) is 0 Å². The number of nitrogens with one attached hydrogen (secondary N) is 1. The molecule has 0 radical (unpaired) electrons. The fourth-order valence-electron chi connectivity index (χ4n) is 4.73. The van der Waals surface area contributed by atoms with Gasteiger partial charge in [-0.2, -0.15) is 0 Å². The number of carbonyl (C=O) groups is 2. The number of amides is 2. The number of nitrogens with zero attached hydrogens (tertiary/aromatic N) is 1. The van der Waals surface area contributed by atoms with E-state index in [1.807, 2.05) is 26.0 Å². The maximum atomic E-state index is 13.2. The van der Waals surface area contributed by atoms with Crippen molar-refractivity contribution >= 4 is 27.5 Å². The van der Waals surface area contributed by atoms with Crippen molar-refractivity contribution in [2.75, 3.05) is 11.8 Å². The van der Waals surface area contributed by atoms with Gasteiger partial charge in [-0.15, -0.1) is 0 Å². The van der Waals surface area contributed by atoms with Crippen LogP contribution in [0.15, 0.2) is 41.3 Å². The van der Waals surface area contributed by atoms with E-state index in [9.17, 15) is 18.0 Å². The lowest BCUT2D eigenvalue weighted by atomic mass is 9.81. The van der Waals surface area contributed by atoms with E-state index in [0.29, 0.717) is 11.3 Å². The van der Waals surface area contributed by atoms with E-state index in [2.05, 4.69) is 4.72 Å². The summed E-state index contributed by atoms with van der Waals surface area (Å²) < 4.78 is 34.3. The fourth-order valence-corrected chi connectivity index (χ4v) is 6.08. The third-order valence-corrected chi connectivity index (χ3v) is 7.80. The van der Waals surface area contributed by atoms with Gasteiger partial charge in [-0.05, 0) is 56.0 Å². The summed E-state index contributed by atoms with van der Waals surface area (Å²) in [5.41, 5.74) is 2.88. The molecule has 0 aromatic heterocycles. The van der Waals surface area contributed by atoms with Gasteiger partial charge in [-0.1, -0.05) is 36.6 Å². The SMILES string of the molecule is COc1ccc(CN2C(=O)[C@H]3CCCC[C@@H]3C2=O)cc1S(=O)(=O)Nc1ccc(C)cc1C. The van der Waals surface area contributed by atoms with Crippen LogP contribution in [0.1, 0.15) is 42.4 Å². The predicted molar refractivity (Wildman–Crippen MR) is 121 cm³/mol. The van der Waals surface area contributed by atoms with Crippen molar-refractivity contribution in [3.8, 4) is 5.75 Å². The van der Waals surface area contributed by atoms with E-state index >= 15 is 0 Å². The summed E-state index contributed by atoms with van der Waals surface area (Å²) in [7, 11) is -2.55. The number of anilines is 1. The zero-order valence-corrected chi connectivity index (χ0v) is 19.4. The molecule has 2 amide bonds. The van der Waals surface area contributed by atoms with Crippen LogP contribution in [0, 0.1) is 25.7 Å². The quantitative estimate of drug-likeness (QED) is 0.668. The molecule has 0 spiro atoms. The van der Waals surface area contributed by atoms with Gasteiger partial charge in [0, 0.05) is 0 Å². The molecule has 2 aromatic carbocycles. The molecule has 1 saturated heterocycles. The Morgan fingerprint density at radius 1 is 1.00 bits per heavy atom. The van der Waals surface area contributed by atoms with Gasteiger partial charge in [0.15, 0.2) is 0 Å². The first-order chi connectivity index (χ1) is 15.2. The van der Waals surface area contributed by atoms with Crippen molar-refractivity contribution < 1.29 is 22.7 Å². The van der Waals surface area contributed by atoms with Gasteiger partial charge in [-0.25, -0.2) is 8.42 Å². The number of benzene rings is 2. The van der Waals surface area contributed by atoms with Crippen LogP contribution in [0.2, 0.25) is 0 Å². The molecular formula is C24H28N2O5S. The highest BCUT2D eigenvalue weighted by atomic mass is 32.2. The highest BCUT2D eigenvalue weighted by Gasteiger charge is 2.47. The molecule has 1 N–H and O–H groups in total. The van der Waals surface area contributed by atoms with E-state index in [-0.39, 0.29) is 40.8 Å². The molecule has 0 bridgehead atoms. The first kappa shape index (κ1) is 22.3. The Bertz CT molecular complexity index is 1150. The maximum Gasteiger partial charge on any atom is 0.265 e. The van der Waals surface area contributed by atoms with Crippen molar-refractivity contribution in [2.45, 2.75) is 51.0 Å². The van der Waals surface area contributed by atoms with Crippen molar-refractivity contribution in [2.24, 2.45) is 11.8 Å². The van der Waals surface area contributed by atoms with Gasteiger partial charge < -0.3 is 4.74 Å². The van der Waals surface area contributed by atoms with E-state index < -0.39 is 10.0 Å². The first-order valence-corrected chi connectivity index (χ1v) is 12.3. The van der Waals surface area contributed by atoms with Crippen LogP contribution in [0.3, 0.4) is 0 Å². The summed E-state index contributed by atoms with van der Waals surface area (Å²) in [6.07, 6.45) is 3.41. The average molecular weight is 457 g/mol. The molecule has 7 nitrogen and oxygen atoms in total. The normalized spacial score (nSPS) is 20.9. The van der Waals surface area contributed by atoms with Gasteiger partial charge in [0.1, 0.15) is 10.6 Å². The Kier molecular flexibility index (Phi) is 5.99. The van der Waals surface area contributed by atoms with Crippen LogP contribution in [-0.2, 0) is 26.2 Å². The monoisotopic (exact) mass is 456 g/mol. The number of likely N-dealkylation sites (tertiary alicyclic amines) is 1. The molecule has 1 heterocycles. The van der Waals surface area contributed by atoms with E-state index in [4.69, 9.17) is 4.74 Å². The molecule has 170 valence electrons. The molecule has 1 aliphatic carbocycles. The lowest BCUT2D eigenvalue weighted by Crippen LogP contribution is -2.30. The number of rotatable bonds is 6. The highest BCUT2D eigenvalue weighted by molar-refractivity contribution is 7.92. The highest BCUT2D eigenvalue weighted by Crippen LogP contribution is 2.39. The minimum absolute atomic E-state index is 0.0333. The van der Waals surface area contributed by atoms with Gasteiger partial charge in [0.25, 0.3) is 10.0 Å². The van der Waals surface area contributed by atoms with Crippen molar-refractivity contribution in [1.29, 1.82) is 0 Å². The topological polar surface area (TPSA) is 92.8 Å². The summed E-state index contributed by atoms with van der Waals surface area (Å²) in [5.74, 6) is -0.562. The molecule has 1 aliphatic heterocycles. The Labute approximate surface area is 188 Å². The van der Waals surface area contributed by atoms with Crippen LogP contribution in [-0.4, -0.2) is 32.2 Å². The van der Waals surface area contributed by atoms with Crippen LogP contribution in [0.5, 0.6) is 5.75 Å². The molecule has 32 heavy (non-hydrogen) atoms. The van der Waals surface area contributed by atoms with Gasteiger partial charge in [-0.3, -0.25) is 19.2 Å². The second-order valence-corrected chi connectivity index (χ2v) is 10.3. The van der Waals surface area contributed by atoms with Gasteiger partial charge in [0.2, 0.25) is 11.8 Å². The summed E-state index contributed by atoms with van der Waals surface area (Å²) in [6.45, 7) is 3.83. The largest absolute Gasteiger partial charge is 0.495 e. The summed E-state index contributed by atoms with van der Waals surface area (Å²) in [6, 6.07) is 10.2. The molecular weight excluding hydrogens is 428 g/mol. The Balaban J connectivity index is 1.63. The van der Waals surface area contributed by atoms with Gasteiger partial charge in [0.05, 0.1) is 31.2 Å². The number of fused-ring (bicyclic) bond motifs is 1. The van der Waals surface area contributed by atoms with Crippen LogP contribution < -0.4 is 9.46 Å². The lowest BCUT2D eigenvalue weighted by molar-refractivity contribution is -0.140. The molecule has 2 aromatic rings. The minimum Gasteiger partial charge on any atom is -0.495 e. The second-order valence-electron chi connectivity index (χ2n) is 8.67. The van der Waals surface area contributed by atoms with Gasteiger partial charge >= 0.3 is 0 Å². The summed E-state index contributed by atoms with van der Waals surface area (Å²) in [5, 5.41) is 0. The molecule has 8 heteroatoms. The Morgan fingerprint density at radius 3 is 2.25 bits per heavy atom. The number of aryl methyl sites for hydroxylation is 2. The number of imide groups is 1. The number of hydrogen-bond donors (Lipinski definition) is 1. The number of hydrogen-bond acceptors (Lipinski definition) is 5. The van der Waals surface area contributed by atoms with Crippen LogP contribution in [0.4, 0.5) is 5.69 Å². The number of sulfonamides is 1. The van der Waals surface area contributed by atoms with Crippen molar-refractivity contribution in [1.82, 2.24) is 4.90 Å². The maximum absolute atomic E-state index is 13.2. The molecule has 2 aliphatic rings. The fraction of sp³-hybridized carbons (Fsp3) is 0.417. The van der Waals surface area contributed by atoms with E-state index in [1.54, 1.807) is 18.2 Å². The zero-order chi connectivity index (χ0) is 23.0. The van der Waals surface area contributed by atoms with E-state index in [1.165, 1.54) is 18.1 Å². The minimum atomic E-state index is -3.96. The average Bonchev–Trinajstić information content (AvgIpc) is 3.01. The predicted octanol–water partition coefficient (Wildman–Crippen LogP) is 3.79. The molecule has 1 saturated carbocycles. The Hall–Kier alpha value is -2.87. The number of methoxy groups -OCH3 is 1. The third-order valence-electron chi connectivity index (χ3n) is 6.42. The zero-order valence-electron chi connectivity index (χ0n) is 18.6. The van der Waals surface area contributed by atoms with E-state index in [0.717, 1.165) is 36.8 Å². The van der Waals surface area contributed by atoms with Crippen molar-refractivity contribution in [3.05, 3.63) is 53.1 Å². The number of carbonyl (C=O) groups excluding carboxylic acids is 2. The molecule has 4 rings (SSSR count). The standard InChI is InChI=1S/C24H28N2O5S/c1-15-8-10-20(16(2)12-15)25-32(29,30)22-13-17(9-11-21(22)31-3)14-26-23(27)18-6-4-5-7-19(18)24(26)28/h8-13,18-19,25H,4-7,14H2,1-3H3/t18-,19-/m0/s1. The lowest BCUT2D eigenvalue weighted by Gasteiger charge is -2.19. The van der Waals surface area contributed by atoms with Crippen molar-refractivity contribution in [3.63, 3.8) is 0 Å². The smallest absolute Gasteiger partial charge is 0.265 e. The summed E-state index contributed by atoms with van der Waals surface area (Å²) >= 11 is 0. The third kappa shape index (κ3) is 4.11. The molecule has 2 atom stereocenters. The van der Waals surface area contributed by atoms with Crippen LogP contribution >= 0.6 is 0 Å². The molecule has 2 fully saturated rings. The first-order valence-electron chi connectivity index (χ1n) is 10.8. The summed E-state index contributed by atoms with van der Waals surface area (Å²) in [4.78, 5) is 26.9. The Morgan fingerprint density at radius 2 is 1.66 bits per heavy atom. The second kappa shape index (κ2) is 8.58. The molecule has 0 unspecified atom stereocenters.